The van der Waals surface area contributed by atoms with Crippen LogP contribution in [0.15, 0.2) is 96.4 Å². The first kappa shape index (κ1) is 21.6. The summed E-state index contributed by atoms with van der Waals surface area (Å²) in [5.41, 5.74) is 4.54. The molecule has 166 valence electrons. The lowest BCUT2D eigenvalue weighted by Gasteiger charge is -2.39. The van der Waals surface area contributed by atoms with Crippen molar-refractivity contribution in [3.8, 4) is 10.6 Å². The Kier molecular flexibility index (Phi) is 6.61. The molecule has 0 aliphatic carbocycles. The number of aromatic nitrogens is 1. The van der Waals surface area contributed by atoms with E-state index in [2.05, 4.69) is 77.7 Å². The predicted octanol–water partition coefficient (Wildman–Crippen LogP) is 5.29. The molecule has 0 spiro atoms. The third-order valence-electron chi connectivity index (χ3n) is 6.17. The fourth-order valence-corrected chi connectivity index (χ4v) is 5.31. The molecule has 3 aromatic carbocycles. The number of rotatable bonds is 6. The zero-order valence-corrected chi connectivity index (χ0v) is 19.3. The molecule has 1 saturated heterocycles. The fraction of sp³-hybridized carbons (Fsp3) is 0.214. The Labute approximate surface area is 199 Å². The number of hydrogen-bond acceptors (Lipinski definition) is 4. The molecule has 1 amide bonds. The molecule has 0 bridgehead atoms. The molecular weight excluding hydrogens is 426 g/mol. The zero-order valence-electron chi connectivity index (χ0n) is 18.5. The van der Waals surface area contributed by atoms with Crippen LogP contribution < -0.4 is 0 Å². The van der Waals surface area contributed by atoms with Crippen molar-refractivity contribution in [1.82, 2.24) is 14.8 Å². The molecule has 33 heavy (non-hydrogen) atoms. The number of thiazole rings is 1. The van der Waals surface area contributed by atoms with Gasteiger partial charge < -0.3 is 4.90 Å². The Balaban J connectivity index is 1.24. The highest BCUT2D eigenvalue weighted by atomic mass is 32.1. The molecule has 1 aliphatic heterocycles. The van der Waals surface area contributed by atoms with Crippen LogP contribution in [0.2, 0.25) is 0 Å². The summed E-state index contributed by atoms with van der Waals surface area (Å²) in [6, 6.07) is 31.6. The van der Waals surface area contributed by atoms with E-state index in [0.29, 0.717) is 6.42 Å². The SMILES string of the molecule is O=C(Cc1csc(-c2ccccc2)n1)N1CCN(C(c2ccccc2)c2ccccc2)CC1. The Morgan fingerprint density at radius 2 is 1.33 bits per heavy atom. The third-order valence-corrected chi connectivity index (χ3v) is 7.11. The van der Waals surface area contributed by atoms with Gasteiger partial charge in [-0.2, -0.15) is 0 Å². The summed E-state index contributed by atoms with van der Waals surface area (Å²) in [5.74, 6) is 0.163. The van der Waals surface area contributed by atoms with Gasteiger partial charge in [0.1, 0.15) is 5.01 Å². The van der Waals surface area contributed by atoms with Crippen molar-refractivity contribution in [2.75, 3.05) is 26.2 Å². The Bertz CT molecular complexity index is 1130. The van der Waals surface area contributed by atoms with Crippen molar-refractivity contribution in [2.45, 2.75) is 12.5 Å². The maximum absolute atomic E-state index is 13.0. The number of amides is 1. The van der Waals surface area contributed by atoms with Crippen LogP contribution in [0.1, 0.15) is 22.9 Å². The van der Waals surface area contributed by atoms with Gasteiger partial charge in [-0.25, -0.2) is 4.98 Å². The van der Waals surface area contributed by atoms with Gasteiger partial charge in [0, 0.05) is 37.1 Å². The molecule has 5 rings (SSSR count). The van der Waals surface area contributed by atoms with Crippen molar-refractivity contribution in [3.05, 3.63) is 113 Å². The van der Waals surface area contributed by atoms with Gasteiger partial charge >= 0.3 is 0 Å². The predicted molar refractivity (Wildman–Crippen MR) is 134 cm³/mol. The van der Waals surface area contributed by atoms with Crippen LogP contribution >= 0.6 is 11.3 Å². The second-order valence-corrected chi connectivity index (χ2v) is 9.19. The lowest BCUT2D eigenvalue weighted by molar-refractivity contribution is -0.132. The van der Waals surface area contributed by atoms with Crippen LogP contribution in [-0.2, 0) is 11.2 Å². The van der Waals surface area contributed by atoms with E-state index in [-0.39, 0.29) is 11.9 Å². The molecule has 5 heteroatoms. The quantitative estimate of drug-likeness (QED) is 0.398. The molecule has 0 unspecified atom stereocenters. The first-order valence-corrected chi connectivity index (χ1v) is 12.3. The summed E-state index contributed by atoms with van der Waals surface area (Å²) in [6.07, 6.45) is 0.365. The molecule has 0 N–H and O–H groups in total. The van der Waals surface area contributed by atoms with E-state index in [9.17, 15) is 4.79 Å². The maximum atomic E-state index is 13.0. The Hall–Kier alpha value is -3.28. The minimum Gasteiger partial charge on any atom is -0.340 e. The van der Waals surface area contributed by atoms with Crippen LogP contribution in [0.5, 0.6) is 0 Å². The molecule has 1 fully saturated rings. The van der Waals surface area contributed by atoms with Gasteiger partial charge in [-0.3, -0.25) is 9.69 Å². The van der Waals surface area contributed by atoms with Crippen LogP contribution in [0.25, 0.3) is 10.6 Å². The highest BCUT2D eigenvalue weighted by molar-refractivity contribution is 7.13. The second-order valence-electron chi connectivity index (χ2n) is 8.33. The number of piperazine rings is 1. The van der Waals surface area contributed by atoms with Gasteiger partial charge in [0.15, 0.2) is 0 Å². The van der Waals surface area contributed by atoms with E-state index in [1.165, 1.54) is 11.1 Å². The van der Waals surface area contributed by atoms with E-state index >= 15 is 0 Å². The number of nitrogens with zero attached hydrogens (tertiary/aromatic N) is 3. The van der Waals surface area contributed by atoms with Crippen molar-refractivity contribution in [1.29, 1.82) is 0 Å². The standard InChI is InChI=1S/C28H27N3OS/c32-26(20-25-21-33-28(29-25)24-14-8-3-9-15-24)30-16-18-31(19-17-30)27(22-10-4-1-5-11-22)23-12-6-2-7-13-23/h1-15,21,27H,16-20H2. The monoisotopic (exact) mass is 453 g/mol. The highest BCUT2D eigenvalue weighted by Gasteiger charge is 2.28. The van der Waals surface area contributed by atoms with E-state index in [0.717, 1.165) is 42.4 Å². The lowest BCUT2D eigenvalue weighted by atomic mass is 9.96. The van der Waals surface area contributed by atoms with Gasteiger partial charge in [0.05, 0.1) is 18.2 Å². The van der Waals surface area contributed by atoms with Crippen LogP contribution in [-0.4, -0.2) is 46.9 Å². The van der Waals surface area contributed by atoms with Gasteiger partial charge in [-0.15, -0.1) is 11.3 Å². The summed E-state index contributed by atoms with van der Waals surface area (Å²) in [5, 5.41) is 2.98. The van der Waals surface area contributed by atoms with E-state index in [4.69, 9.17) is 4.98 Å². The second kappa shape index (κ2) is 10.1. The molecular formula is C28H27N3OS. The maximum Gasteiger partial charge on any atom is 0.228 e. The zero-order chi connectivity index (χ0) is 22.5. The molecule has 1 aliphatic rings. The first-order chi connectivity index (χ1) is 16.3. The summed E-state index contributed by atoms with van der Waals surface area (Å²) >= 11 is 1.60. The highest BCUT2D eigenvalue weighted by Crippen LogP contribution is 2.29. The van der Waals surface area contributed by atoms with Crippen LogP contribution in [0, 0.1) is 0 Å². The van der Waals surface area contributed by atoms with Gasteiger partial charge in [0.2, 0.25) is 5.91 Å². The first-order valence-electron chi connectivity index (χ1n) is 11.4. The molecule has 0 saturated carbocycles. The normalized spacial score (nSPS) is 14.5. The van der Waals surface area contributed by atoms with Crippen molar-refractivity contribution in [3.63, 3.8) is 0 Å². The minimum atomic E-state index is 0.163. The average molecular weight is 454 g/mol. The van der Waals surface area contributed by atoms with Gasteiger partial charge in [0.25, 0.3) is 0 Å². The minimum absolute atomic E-state index is 0.163. The average Bonchev–Trinajstić information content (AvgIpc) is 3.35. The number of carbonyl (C=O) groups excluding carboxylic acids is 1. The van der Waals surface area contributed by atoms with Crippen LogP contribution in [0.4, 0.5) is 0 Å². The largest absolute Gasteiger partial charge is 0.340 e. The number of hydrogen-bond donors (Lipinski definition) is 0. The fourth-order valence-electron chi connectivity index (χ4n) is 4.48. The van der Waals surface area contributed by atoms with E-state index in [1.54, 1.807) is 11.3 Å². The summed E-state index contributed by atoms with van der Waals surface area (Å²) < 4.78 is 0. The summed E-state index contributed by atoms with van der Waals surface area (Å²) in [6.45, 7) is 3.19. The molecule has 4 aromatic rings. The van der Waals surface area contributed by atoms with Crippen molar-refractivity contribution < 1.29 is 4.79 Å². The van der Waals surface area contributed by atoms with Gasteiger partial charge in [-0.1, -0.05) is 91.0 Å². The Morgan fingerprint density at radius 1 is 0.788 bits per heavy atom. The summed E-state index contributed by atoms with van der Waals surface area (Å²) in [4.78, 5) is 22.2. The van der Waals surface area contributed by atoms with E-state index in [1.807, 2.05) is 28.5 Å². The molecule has 1 aromatic heterocycles. The smallest absolute Gasteiger partial charge is 0.228 e. The lowest BCUT2D eigenvalue weighted by Crippen LogP contribution is -2.50. The Morgan fingerprint density at radius 3 is 1.91 bits per heavy atom. The molecule has 2 heterocycles. The topological polar surface area (TPSA) is 36.4 Å². The van der Waals surface area contributed by atoms with Gasteiger partial charge in [-0.05, 0) is 11.1 Å². The molecule has 0 atom stereocenters. The van der Waals surface area contributed by atoms with Crippen LogP contribution in [0.3, 0.4) is 0 Å². The van der Waals surface area contributed by atoms with Crippen molar-refractivity contribution in [2.24, 2.45) is 0 Å². The molecule has 4 nitrogen and oxygen atoms in total. The number of benzene rings is 3. The van der Waals surface area contributed by atoms with Crippen molar-refractivity contribution >= 4 is 17.2 Å². The third kappa shape index (κ3) is 5.05. The van der Waals surface area contributed by atoms with E-state index < -0.39 is 0 Å². The summed E-state index contributed by atoms with van der Waals surface area (Å²) in [7, 11) is 0. The number of carbonyl (C=O) groups is 1. The molecule has 0 radical (unpaired) electrons.